The van der Waals surface area contributed by atoms with E-state index in [1.165, 1.54) is 11.3 Å². The molecule has 3 rings (SSSR count). The molecule has 0 spiro atoms. The summed E-state index contributed by atoms with van der Waals surface area (Å²) in [6, 6.07) is 17.0. The molecule has 3 aromatic rings. The zero-order chi connectivity index (χ0) is 16.9. The van der Waals surface area contributed by atoms with Crippen molar-refractivity contribution in [1.29, 1.82) is 5.26 Å². The Morgan fingerprint density at radius 3 is 2.67 bits per heavy atom. The second kappa shape index (κ2) is 6.94. The number of hydrogen-bond acceptors (Lipinski definition) is 5. The Balaban J connectivity index is 1.85. The van der Waals surface area contributed by atoms with Crippen molar-refractivity contribution in [1.82, 2.24) is 4.98 Å². The first-order chi connectivity index (χ1) is 11.7. The number of benzene rings is 2. The number of aromatic nitrogens is 1. The van der Waals surface area contributed by atoms with E-state index in [1.54, 1.807) is 30.3 Å². The van der Waals surface area contributed by atoms with Gasteiger partial charge in [-0.05, 0) is 35.9 Å². The number of allylic oxidation sites excluding steroid dienone is 1. The summed E-state index contributed by atoms with van der Waals surface area (Å²) in [5.74, 6) is 0.0195. The van der Waals surface area contributed by atoms with Crippen LogP contribution in [0.1, 0.15) is 10.6 Å². The lowest BCUT2D eigenvalue weighted by atomic mass is 10.1. The van der Waals surface area contributed by atoms with E-state index >= 15 is 0 Å². The molecule has 2 aromatic carbocycles. The summed E-state index contributed by atoms with van der Waals surface area (Å²) >= 11 is 1.49. The van der Waals surface area contributed by atoms with Crippen LogP contribution < -0.4 is 10.5 Å². The van der Waals surface area contributed by atoms with Crippen molar-refractivity contribution in [2.24, 2.45) is 5.73 Å². The molecule has 2 N–H and O–H groups in total. The Morgan fingerprint density at radius 2 is 2.00 bits per heavy atom. The Kier molecular flexibility index (Phi) is 4.54. The van der Waals surface area contributed by atoms with E-state index in [-0.39, 0.29) is 6.61 Å². The Labute approximate surface area is 142 Å². The molecule has 0 bridgehead atoms. The molecule has 0 saturated carbocycles. The number of primary amides is 1. The van der Waals surface area contributed by atoms with E-state index in [9.17, 15) is 10.1 Å². The lowest BCUT2D eigenvalue weighted by Crippen LogP contribution is -2.19. The Hall–Kier alpha value is -3.17. The highest BCUT2D eigenvalue weighted by Gasteiger charge is 2.08. The predicted molar refractivity (Wildman–Crippen MR) is 94.2 cm³/mol. The number of thiazole rings is 1. The minimum atomic E-state index is -0.526. The molecule has 0 aliphatic rings. The van der Waals surface area contributed by atoms with Crippen molar-refractivity contribution in [3.63, 3.8) is 0 Å². The average molecular weight is 335 g/mol. The first kappa shape index (κ1) is 15.7. The third-order valence-corrected chi connectivity index (χ3v) is 4.29. The largest absolute Gasteiger partial charge is 0.484 e. The Morgan fingerprint density at radius 1 is 1.25 bits per heavy atom. The summed E-state index contributed by atoms with van der Waals surface area (Å²) in [5.41, 5.74) is 7.26. The lowest BCUT2D eigenvalue weighted by molar-refractivity contribution is -0.119. The number of amides is 1. The van der Waals surface area contributed by atoms with Crippen molar-refractivity contribution in [3.05, 3.63) is 59.1 Å². The van der Waals surface area contributed by atoms with Crippen LogP contribution in [-0.4, -0.2) is 17.5 Å². The van der Waals surface area contributed by atoms with Crippen molar-refractivity contribution in [2.75, 3.05) is 6.61 Å². The minimum absolute atomic E-state index is 0.162. The minimum Gasteiger partial charge on any atom is -0.484 e. The van der Waals surface area contributed by atoms with Crippen LogP contribution in [0.4, 0.5) is 0 Å². The van der Waals surface area contributed by atoms with Gasteiger partial charge in [-0.2, -0.15) is 5.26 Å². The van der Waals surface area contributed by atoms with Crippen molar-refractivity contribution >= 4 is 39.1 Å². The molecular formula is C18H13N3O2S. The smallest absolute Gasteiger partial charge is 0.255 e. The second-order valence-electron chi connectivity index (χ2n) is 4.98. The SMILES string of the molecule is N#C/C(=C\c1ccc(OCC(N)=O)cc1)c1nc2ccccc2s1. The van der Waals surface area contributed by atoms with E-state index in [0.29, 0.717) is 16.3 Å². The number of carbonyl (C=O) groups is 1. The van der Waals surface area contributed by atoms with Crippen LogP contribution in [0.5, 0.6) is 5.75 Å². The maximum Gasteiger partial charge on any atom is 0.255 e. The number of para-hydroxylation sites is 1. The van der Waals surface area contributed by atoms with Gasteiger partial charge in [0.25, 0.3) is 5.91 Å². The fraction of sp³-hybridized carbons (Fsp3) is 0.0556. The summed E-state index contributed by atoms with van der Waals surface area (Å²) in [7, 11) is 0. The van der Waals surface area contributed by atoms with Gasteiger partial charge in [0.1, 0.15) is 16.8 Å². The monoisotopic (exact) mass is 335 g/mol. The quantitative estimate of drug-likeness (QED) is 0.725. The second-order valence-corrected chi connectivity index (χ2v) is 6.01. The van der Waals surface area contributed by atoms with Gasteiger partial charge in [-0.15, -0.1) is 11.3 Å². The first-order valence-electron chi connectivity index (χ1n) is 7.14. The third-order valence-electron chi connectivity index (χ3n) is 3.22. The number of hydrogen-bond donors (Lipinski definition) is 1. The molecule has 0 atom stereocenters. The molecule has 0 unspecified atom stereocenters. The third kappa shape index (κ3) is 3.59. The molecule has 0 radical (unpaired) electrons. The number of fused-ring (bicyclic) bond motifs is 1. The van der Waals surface area contributed by atoms with Crippen molar-refractivity contribution < 1.29 is 9.53 Å². The molecule has 0 fully saturated rings. The van der Waals surface area contributed by atoms with Crippen LogP contribution in [0, 0.1) is 11.3 Å². The van der Waals surface area contributed by atoms with Gasteiger partial charge in [0.2, 0.25) is 0 Å². The highest BCUT2D eigenvalue weighted by molar-refractivity contribution is 7.19. The van der Waals surface area contributed by atoms with Gasteiger partial charge in [0, 0.05) is 0 Å². The van der Waals surface area contributed by atoms with Gasteiger partial charge >= 0.3 is 0 Å². The van der Waals surface area contributed by atoms with E-state index in [1.807, 2.05) is 24.3 Å². The summed E-state index contributed by atoms with van der Waals surface area (Å²) in [4.78, 5) is 15.2. The molecule has 6 heteroatoms. The lowest BCUT2D eigenvalue weighted by Gasteiger charge is -2.03. The number of nitriles is 1. The van der Waals surface area contributed by atoms with E-state index in [2.05, 4.69) is 11.1 Å². The molecule has 0 aliphatic heterocycles. The summed E-state index contributed by atoms with van der Waals surface area (Å²) in [6.07, 6.45) is 1.77. The summed E-state index contributed by atoms with van der Waals surface area (Å²) in [5, 5.41) is 10.1. The van der Waals surface area contributed by atoms with Gasteiger partial charge in [-0.3, -0.25) is 4.79 Å². The standard InChI is InChI=1S/C18H13N3O2S/c19-10-13(18-21-15-3-1-2-4-16(15)24-18)9-12-5-7-14(8-6-12)23-11-17(20)22/h1-9H,11H2,(H2,20,22)/b13-9+. The number of nitrogens with two attached hydrogens (primary N) is 1. The van der Waals surface area contributed by atoms with E-state index in [4.69, 9.17) is 10.5 Å². The van der Waals surface area contributed by atoms with Crippen LogP contribution in [0.3, 0.4) is 0 Å². The van der Waals surface area contributed by atoms with E-state index < -0.39 is 5.91 Å². The zero-order valence-electron chi connectivity index (χ0n) is 12.6. The number of nitrogens with zero attached hydrogens (tertiary/aromatic N) is 2. The molecule has 5 nitrogen and oxygen atoms in total. The van der Waals surface area contributed by atoms with Crippen molar-refractivity contribution in [3.8, 4) is 11.8 Å². The predicted octanol–water partition coefficient (Wildman–Crippen LogP) is 3.22. The van der Waals surface area contributed by atoms with Gasteiger partial charge in [0.15, 0.2) is 6.61 Å². The number of ether oxygens (including phenoxy) is 1. The molecule has 0 aliphatic carbocycles. The van der Waals surface area contributed by atoms with Gasteiger partial charge < -0.3 is 10.5 Å². The highest BCUT2D eigenvalue weighted by atomic mass is 32.1. The van der Waals surface area contributed by atoms with Gasteiger partial charge in [-0.1, -0.05) is 24.3 Å². The average Bonchev–Trinajstić information content (AvgIpc) is 3.02. The normalized spacial score (nSPS) is 11.2. The molecule has 24 heavy (non-hydrogen) atoms. The summed E-state index contributed by atoms with van der Waals surface area (Å²) < 4.78 is 6.25. The number of rotatable bonds is 5. The molecule has 1 amide bonds. The maximum atomic E-state index is 10.7. The molecule has 1 heterocycles. The van der Waals surface area contributed by atoms with Crippen LogP contribution in [0.15, 0.2) is 48.5 Å². The van der Waals surface area contributed by atoms with Crippen LogP contribution in [0.25, 0.3) is 21.9 Å². The van der Waals surface area contributed by atoms with Gasteiger partial charge in [0.05, 0.1) is 15.8 Å². The highest BCUT2D eigenvalue weighted by Crippen LogP contribution is 2.28. The van der Waals surface area contributed by atoms with Crippen LogP contribution in [0.2, 0.25) is 0 Å². The van der Waals surface area contributed by atoms with E-state index in [0.717, 1.165) is 15.8 Å². The van der Waals surface area contributed by atoms with Gasteiger partial charge in [-0.25, -0.2) is 4.98 Å². The van der Waals surface area contributed by atoms with Crippen LogP contribution in [-0.2, 0) is 4.79 Å². The molecular weight excluding hydrogens is 322 g/mol. The molecule has 0 saturated heterocycles. The number of carbonyl (C=O) groups excluding carboxylic acids is 1. The zero-order valence-corrected chi connectivity index (χ0v) is 13.4. The topological polar surface area (TPSA) is 89.0 Å². The maximum absolute atomic E-state index is 10.7. The summed E-state index contributed by atoms with van der Waals surface area (Å²) in [6.45, 7) is -0.162. The molecule has 118 valence electrons. The van der Waals surface area contributed by atoms with Crippen LogP contribution >= 0.6 is 11.3 Å². The Bertz CT molecular complexity index is 919. The van der Waals surface area contributed by atoms with Crippen molar-refractivity contribution in [2.45, 2.75) is 0 Å². The first-order valence-corrected chi connectivity index (χ1v) is 7.96. The molecule has 1 aromatic heterocycles. The fourth-order valence-electron chi connectivity index (χ4n) is 2.11. The fourth-order valence-corrected chi connectivity index (χ4v) is 3.04.